The number of hydrogen-bond acceptors (Lipinski definition) is 4. The number of fused-ring (bicyclic) bond motifs is 6. The fraction of sp³-hybridized carbons (Fsp3) is 0.0833. The van der Waals surface area contributed by atoms with E-state index in [4.69, 9.17) is 16.6 Å². The molecule has 156 valence electrons. The van der Waals surface area contributed by atoms with E-state index in [1.54, 1.807) is 16.8 Å². The summed E-state index contributed by atoms with van der Waals surface area (Å²) in [4.78, 5) is 28.7. The molecule has 0 spiro atoms. The number of aromatic amines is 1. The van der Waals surface area contributed by atoms with Gasteiger partial charge in [0.25, 0.3) is 0 Å². The van der Waals surface area contributed by atoms with Crippen LogP contribution in [0.4, 0.5) is 0 Å². The van der Waals surface area contributed by atoms with E-state index in [2.05, 4.69) is 21.0 Å². The predicted molar refractivity (Wildman–Crippen MR) is 120 cm³/mol. The second kappa shape index (κ2) is 7.03. The second-order valence-corrected chi connectivity index (χ2v) is 8.19. The van der Waals surface area contributed by atoms with E-state index in [-0.39, 0.29) is 5.69 Å². The van der Waals surface area contributed by atoms with Crippen LogP contribution in [0.3, 0.4) is 0 Å². The highest BCUT2D eigenvalue weighted by molar-refractivity contribution is 6.31. The third-order valence-corrected chi connectivity index (χ3v) is 6.07. The van der Waals surface area contributed by atoms with E-state index in [9.17, 15) is 9.90 Å². The molecule has 7 nitrogen and oxygen atoms in total. The molecule has 4 heterocycles. The first-order valence-corrected chi connectivity index (χ1v) is 10.5. The lowest BCUT2D eigenvalue weighted by molar-refractivity contribution is 0.0690. The smallest absolute Gasteiger partial charge is 0.356 e. The van der Waals surface area contributed by atoms with Crippen LogP contribution in [0.25, 0.3) is 27.8 Å². The Morgan fingerprint density at radius 3 is 2.94 bits per heavy atom. The Bertz CT molecular complexity index is 1530. The lowest BCUT2D eigenvalue weighted by Crippen LogP contribution is -2.06. The summed E-state index contributed by atoms with van der Waals surface area (Å²) in [6.07, 6.45) is 6.24. The monoisotopic (exact) mass is 441 g/mol. The third kappa shape index (κ3) is 2.90. The molecule has 0 radical (unpaired) electrons. The largest absolute Gasteiger partial charge is 0.476 e. The normalized spacial score (nSPS) is 12.2. The van der Waals surface area contributed by atoms with Crippen LogP contribution < -0.4 is 0 Å². The van der Waals surface area contributed by atoms with Crippen molar-refractivity contribution < 1.29 is 9.90 Å². The Hall–Kier alpha value is -3.97. The number of carboxylic acids is 1. The van der Waals surface area contributed by atoms with Crippen molar-refractivity contribution in [3.8, 4) is 16.9 Å². The van der Waals surface area contributed by atoms with Crippen LogP contribution in [0, 0.1) is 0 Å². The average Bonchev–Trinajstić information content (AvgIpc) is 3.36. The predicted octanol–water partition coefficient (Wildman–Crippen LogP) is 4.66. The number of nitrogens with zero attached hydrogens (tertiary/aromatic N) is 4. The van der Waals surface area contributed by atoms with Gasteiger partial charge in [-0.3, -0.25) is 0 Å². The van der Waals surface area contributed by atoms with Gasteiger partial charge in [-0.2, -0.15) is 0 Å². The van der Waals surface area contributed by atoms with Gasteiger partial charge < -0.3 is 14.7 Å². The van der Waals surface area contributed by atoms with Crippen LogP contribution in [-0.4, -0.2) is 35.6 Å². The number of carbonyl (C=O) groups is 1. The standard InChI is InChI=1S/C24H16ClN5O2/c25-15-5-6-19-17(9-15)22-14(7-20-23(24(31)32)28-12-30(19)20)11-27-21(29-22)8-13-10-26-18-4-2-1-3-16(13)18/h1-6,9-12,26H,7-8H2,(H,31,32). The van der Waals surface area contributed by atoms with Gasteiger partial charge in [0.05, 0.1) is 17.1 Å². The third-order valence-electron chi connectivity index (χ3n) is 5.84. The van der Waals surface area contributed by atoms with Crippen molar-refractivity contribution in [1.82, 2.24) is 24.5 Å². The maximum absolute atomic E-state index is 11.7. The highest BCUT2D eigenvalue weighted by Crippen LogP contribution is 2.36. The van der Waals surface area contributed by atoms with Crippen molar-refractivity contribution in [2.45, 2.75) is 12.8 Å². The van der Waals surface area contributed by atoms with Crippen molar-refractivity contribution in [2.24, 2.45) is 0 Å². The number of carboxylic acid groups (broad SMARTS) is 1. The number of H-pyrrole nitrogens is 1. The van der Waals surface area contributed by atoms with Crippen LogP contribution in [0.15, 0.2) is 61.2 Å². The molecule has 0 bridgehead atoms. The number of benzene rings is 2. The van der Waals surface area contributed by atoms with E-state index >= 15 is 0 Å². The van der Waals surface area contributed by atoms with Crippen LogP contribution in [-0.2, 0) is 12.8 Å². The van der Waals surface area contributed by atoms with E-state index in [1.165, 1.54) is 6.33 Å². The second-order valence-electron chi connectivity index (χ2n) is 7.75. The fourth-order valence-corrected chi connectivity index (χ4v) is 4.53. The van der Waals surface area contributed by atoms with Gasteiger partial charge in [0.2, 0.25) is 0 Å². The van der Waals surface area contributed by atoms with Gasteiger partial charge in [0.1, 0.15) is 12.2 Å². The van der Waals surface area contributed by atoms with Gasteiger partial charge in [0, 0.05) is 52.3 Å². The number of aromatic carboxylic acids is 1. The van der Waals surface area contributed by atoms with Gasteiger partial charge in [-0.05, 0) is 29.8 Å². The lowest BCUT2D eigenvalue weighted by Gasteiger charge is -2.11. The fourth-order valence-electron chi connectivity index (χ4n) is 4.36. The summed E-state index contributed by atoms with van der Waals surface area (Å²) >= 11 is 6.33. The zero-order chi connectivity index (χ0) is 21.8. The van der Waals surface area contributed by atoms with E-state index < -0.39 is 5.97 Å². The number of para-hydroxylation sites is 1. The summed E-state index contributed by atoms with van der Waals surface area (Å²) in [7, 11) is 0. The van der Waals surface area contributed by atoms with Crippen LogP contribution in [0.2, 0.25) is 5.02 Å². The number of rotatable bonds is 3. The number of halogens is 1. The van der Waals surface area contributed by atoms with Gasteiger partial charge in [-0.1, -0.05) is 29.8 Å². The number of hydrogen-bond donors (Lipinski definition) is 2. The first-order valence-electron chi connectivity index (χ1n) is 10.1. The molecule has 0 fully saturated rings. The van der Waals surface area contributed by atoms with Crippen molar-refractivity contribution in [3.05, 3.63) is 94.5 Å². The van der Waals surface area contributed by atoms with Gasteiger partial charge in [0.15, 0.2) is 5.69 Å². The lowest BCUT2D eigenvalue weighted by atomic mass is 10.0. The first kappa shape index (κ1) is 18.8. The van der Waals surface area contributed by atoms with Gasteiger partial charge >= 0.3 is 5.97 Å². The summed E-state index contributed by atoms with van der Waals surface area (Å²) < 4.78 is 1.80. The summed E-state index contributed by atoms with van der Waals surface area (Å²) in [5.74, 6) is -0.378. The molecule has 0 atom stereocenters. The van der Waals surface area contributed by atoms with Gasteiger partial charge in [-0.15, -0.1) is 0 Å². The molecule has 8 heteroatoms. The zero-order valence-electron chi connectivity index (χ0n) is 16.7. The molecule has 0 amide bonds. The summed E-state index contributed by atoms with van der Waals surface area (Å²) in [6, 6.07) is 13.6. The zero-order valence-corrected chi connectivity index (χ0v) is 17.5. The summed E-state index contributed by atoms with van der Waals surface area (Å²) in [6.45, 7) is 0. The van der Waals surface area contributed by atoms with Crippen molar-refractivity contribution in [2.75, 3.05) is 0 Å². The average molecular weight is 442 g/mol. The topological polar surface area (TPSA) is 96.7 Å². The van der Waals surface area contributed by atoms with Crippen molar-refractivity contribution in [1.29, 1.82) is 0 Å². The molecule has 1 aliphatic rings. The van der Waals surface area contributed by atoms with Crippen LogP contribution in [0.1, 0.15) is 33.1 Å². The molecule has 2 aromatic carbocycles. The molecular weight excluding hydrogens is 426 g/mol. The minimum atomic E-state index is -1.06. The van der Waals surface area contributed by atoms with E-state index in [1.807, 2.05) is 36.5 Å². The molecule has 1 aliphatic heterocycles. The first-order chi connectivity index (χ1) is 15.6. The van der Waals surface area contributed by atoms with Crippen molar-refractivity contribution in [3.63, 3.8) is 0 Å². The molecular formula is C24H16ClN5O2. The molecule has 0 saturated carbocycles. The Kier molecular flexibility index (Phi) is 4.13. The van der Waals surface area contributed by atoms with Gasteiger partial charge in [-0.25, -0.2) is 19.7 Å². The Balaban J connectivity index is 1.51. The molecule has 32 heavy (non-hydrogen) atoms. The van der Waals surface area contributed by atoms with Crippen molar-refractivity contribution >= 4 is 28.5 Å². The van der Waals surface area contributed by atoms with E-state index in [0.717, 1.165) is 39.0 Å². The highest BCUT2D eigenvalue weighted by Gasteiger charge is 2.26. The Morgan fingerprint density at radius 2 is 2.06 bits per heavy atom. The summed E-state index contributed by atoms with van der Waals surface area (Å²) in [5, 5.41) is 11.3. The SMILES string of the molecule is O=C(O)c1ncn2c1Cc1cnc(Cc3c[nH]c4ccccc34)nc1-c1cc(Cl)ccc1-2. The number of aromatic nitrogens is 5. The molecule has 0 unspecified atom stereocenters. The maximum atomic E-state index is 11.7. The quantitative estimate of drug-likeness (QED) is 0.416. The molecule has 0 aliphatic carbocycles. The molecule has 2 N–H and O–H groups in total. The molecule has 5 aromatic rings. The molecule has 0 saturated heterocycles. The molecule has 3 aromatic heterocycles. The minimum Gasteiger partial charge on any atom is -0.476 e. The maximum Gasteiger partial charge on any atom is 0.356 e. The summed E-state index contributed by atoms with van der Waals surface area (Å²) in [5.41, 5.74) is 6.01. The molecule has 6 rings (SSSR count). The number of imidazole rings is 1. The van der Waals surface area contributed by atoms with E-state index in [0.29, 0.717) is 29.4 Å². The number of nitrogens with one attached hydrogen (secondary N) is 1. The Morgan fingerprint density at radius 1 is 1.19 bits per heavy atom. The van der Waals surface area contributed by atoms with Crippen LogP contribution >= 0.6 is 11.6 Å². The van der Waals surface area contributed by atoms with Crippen LogP contribution in [0.5, 0.6) is 0 Å². The Labute approximate surface area is 187 Å². The highest BCUT2D eigenvalue weighted by atomic mass is 35.5. The minimum absolute atomic E-state index is 0.0293.